The van der Waals surface area contributed by atoms with E-state index in [9.17, 15) is 4.79 Å². The second kappa shape index (κ2) is 6.39. The molecule has 1 aromatic heterocycles. The summed E-state index contributed by atoms with van der Waals surface area (Å²) in [5.41, 5.74) is 1.64. The highest BCUT2D eigenvalue weighted by Crippen LogP contribution is 2.23. The fourth-order valence-corrected chi connectivity index (χ4v) is 3.68. The number of aryl methyl sites for hydroxylation is 1. The van der Waals surface area contributed by atoms with Gasteiger partial charge in [-0.3, -0.25) is 4.68 Å². The molecule has 2 aromatic rings. The molecule has 0 spiro atoms. The number of amides is 2. The quantitative estimate of drug-likeness (QED) is 0.944. The molecule has 1 N–H and O–H groups in total. The Bertz CT molecular complexity index is 665. The van der Waals surface area contributed by atoms with Gasteiger partial charge < -0.3 is 10.2 Å². The summed E-state index contributed by atoms with van der Waals surface area (Å²) in [5, 5.41) is 7.23. The van der Waals surface area contributed by atoms with Crippen LogP contribution in [0.1, 0.15) is 6.42 Å². The van der Waals surface area contributed by atoms with Gasteiger partial charge in [0.15, 0.2) is 5.82 Å². The standard InChI is InChI=1S/C15H19N5OS/c1-19-10-16-14(18-19)11-4-3-5-12(8-11)17-15(21)20(2)13-6-7-22-9-13/h3-5,8,10,13H,6-7,9H2,1-2H3,(H,17,21)/t13-/m1/s1. The molecule has 1 aliphatic heterocycles. The van der Waals surface area contributed by atoms with E-state index in [1.54, 1.807) is 15.9 Å². The zero-order valence-corrected chi connectivity index (χ0v) is 13.5. The average molecular weight is 317 g/mol. The summed E-state index contributed by atoms with van der Waals surface area (Å²) in [7, 11) is 3.69. The van der Waals surface area contributed by atoms with Crippen LogP contribution in [0.2, 0.25) is 0 Å². The summed E-state index contributed by atoms with van der Waals surface area (Å²) in [6.07, 6.45) is 2.72. The van der Waals surface area contributed by atoms with Crippen LogP contribution in [0.4, 0.5) is 10.5 Å². The van der Waals surface area contributed by atoms with E-state index in [1.807, 2.05) is 50.1 Å². The van der Waals surface area contributed by atoms with E-state index >= 15 is 0 Å². The minimum absolute atomic E-state index is 0.0707. The molecule has 2 heterocycles. The molecule has 3 rings (SSSR count). The van der Waals surface area contributed by atoms with E-state index in [1.165, 1.54) is 0 Å². The third-order valence-corrected chi connectivity index (χ3v) is 4.89. The Morgan fingerprint density at radius 1 is 1.50 bits per heavy atom. The molecule has 7 heteroatoms. The number of benzene rings is 1. The highest BCUT2D eigenvalue weighted by Gasteiger charge is 2.23. The van der Waals surface area contributed by atoms with Crippen molar-refractivity contribution in [2.45, 2.75) is 12.5 Å². The molecule has 1 aromatic carbocycles. The number of hydrogen-bond donors (Lipinski definition) is 1. The molecule has 0 unspecified atom stereocenters. The Morgan fingerprint density at radius 2 is 2.36 bits per heavy atom. The smallest absolute Gasteiger partial charge is 0.321 e. The molecule has 0 saturated carbocycles. The van der Waals surface area contributed by atoms with Gasteiger partial charge in [-0.1, -0.05) is 12.1 Å². The van der Waals surface area contributed by atoms with Crippen molar-refractivity contribution in [3.63, 3.8) is 0 Å². The van der Waals surface area contributed by atoms with Gasteiger partial charge in [-0.2, -0.15) is 16.9 Å². The number of rotatable bonds is 3. The van der Waals surface area contributed by atoms with Gasteiger partial charge >= 0.3 is 6.03 Å². The number of nitrogens with zero attached hydrogens (tertiary/aromatic N) is 4. The molecule has 1 fully saturated rings. The molecular formula is C15H19N5OS. The lowest BCUT2D eigenvalue weighted by Crippen LogP contribution is -2.39. The number of carbonyl (C=O) groups is 1. The van der Waals surface area contributed by atoms with E-state index in [0.29, 0.717) is 11.9 Å². The number of hydrogen-bond acceptors (Lipinski definition) is 4. The second-order valence-electron chi connectivity index (χ2n) is 5.38. The summed E-state index contributed by atoms with van der Waals surface area (Å²) >= 11 is 1.90. The number of carbonyl (C=O) groups excluding carboxylic acids is 1. The first kappa shape index (κ1) is 14.9. The molecule has 0 bridgehead atoms. The first-order valence-electron chi connectivity index (χ1n) is 7.21. The van der Waals surface area contributed by atoms with Crippen molar-refractivity contribution < 1.29 is 4.79 Å². The zero-order valence-electron chi connectivity index (χ0n) is 12.7. The SMILES string of the molecule is CN(C(=O)Nc1cccc(-c2ncn(C)n2)c1)[C@@H]1CCSC1. The van der Waals surface area contributed by atoms with Crippen LogP contribution in [0.5, 0.6) is 0 Å². The Labute approximate surface area is 133 Å². The lowest BCUT2D eigenvalue weighted by Gasteiger charge is -2.24. The maximum Gasteiger partial charge on any atom is 0.321 e. The second-order valence-corrected chi connectivity index (χ2v) is 6.53. The Morgan fingerprint density at radius 3 is 3.05 bits per heavy atom. The molecule has 6 nitrogen and oxygen atoms in total. The van der Waals surface area contributed by atoms with Crippen molar-refractivity contribution >= 4 is 23.5 Å². The van der Waals surface area contributed by atoms with Crippen LogP contribution in [0.15, 0.2) is 30.6 Å². The van der Waals surface area contributed by atoms with Crippen LogP contribution in [-0.4, -0.2) is 50.3 Å². The van der Waals surface area contributed by atoms with Gasteiger partial charge in [-0.05, 0) is 24.3 Å². The van der Waals surface area contributed by atoms with Crippen molar-refractivity contribution in [1.29, 1.82) is 0 Å². The molecular weight excluding hydrogens is 298 g/mol. The topological polar surface area (TPSA) is 63.1 Å². The van der Waals surface area contributed by atoms with Gasteiger partial charge in [-0.25, -0.2) is 9.78 Å². The van der Waals surface area contributed by atoms with Gasteiger partial charge in [0.05, 0.1) is 0 Å². The lowest BCUT2D eigenvalue weighted by atomic mass is 10.2. The van der Waals surface area contributed by atoms with Crippen molar-refractivity contribution in [1.82, 2.24) is 19.7 Å². The van der Waals surface area contributed by atoms with E-state index in [-0.39, 0.29) is 6.03 Å². The van der Waals surface area contributed by atoms with Crippen LogP contribution in [0.25, 0.3) is 11.4 Å². The maximum atomic E-state index is 12.3. The first-order valence-corrected chi connectivity index (χ1v) is 8.36. The van der Waals surface area contributed by atoms with Crippen molar-refractivity contribution in [3.8, 4) is 11.4 Å². The monoisotopic (exact) mass is 317 g/mol. The summed E-state index contributed by atoms with van der Waals surface area (Å²) in [4.78, 5) is 18.3. The Kier molecular flexibility index (Phi) is 4.33. The van der Waals surface area contributed by atoms with Crippen LogP contribution in [0, 0.1) is 0 Å². The third kappa shape index (κ3) is 3.24. The molecule has 0 radical (unpaired) electrons. The molecule has 116 valence electrons. The number of urea groups is 1. The van der Waals surface area contributed by atoms with Gasteiger partial charge in [0.25, 0.3) is 0 Å². The number of anilines is 1. The first-order chi connectivity index (χ1) is 10.6. The van der Waals surface area contributed by atoms with E-state index in [4.69, 9.17) is 0 Å². The molecule has 1 atom stereocenters. The summed E-state index contributed by atoms with van der Waals surface area (Å²) in [6, 6.07) is 7.85. The minimum Gasteiger partial charge on any atom is -0.324 e. The lowest BCUT2D eigenvalue weighted by molar-refractivity contribution is 0.209. The van der Waals surface area contributed by atoms with Crippen molar-refractivity contribution in [2.24, 2.45) is 7.05 Å². The number of thioether (sulfide) groups is 1. The van der Waals surface area contributed by atoms with E-state index < -0.39 is 0 Å². The predicted molar refractivity (Wildman–Crippen MR) is 89.0 cm³/mol. The zero-order chi connectivity index (χ0) is 15.5. The molecule has 22 heavy (non-hydrogen) atoms. The fourth-order valence-electron chi connectivity index (χ4n) is 2.41. The number of aromatic nitrogens is 3. The van der Waals surface area contributed by atoms with Gasteiger partial charge in [-0.15, -0.1) is 0 Å². The third-order valence-electron chi connectivity index (χ3n) is 3.75. The van der Waals surface area contributed by atoms with Crippen molar-refractivity contribution in [3.05, 3.63) is 30.6 Å². The van der Waals surface area contributed by atoms with Crippen LogP contribution >= 0.6 is 11.8 Å². The van der Waals surface area contributed by atoms with Crippen LogP contribution in [0.3, 0.4) is 0 Å². The molecule has 1 saturated heterocycles. The highest BCUT2D eigenvalue weighted by atomic mass is 32.2. The van der Waals surface area contributed by atoms with E-state index in [0.717, 1.165) is 29.2 Å². The van der Waals surface area contributed by atoms with Crippen LogP contribution < -0.4 is 5.32 Å². The van der Waals surface area contributed by atoms with E-state index in [2.05, 4.69) is 15.4 Å². The van der Waals surface area contributed by atoms with Crippen molar-refractivity contribution in [2.75, 3.05) is 23.9 Å². The largest absolute Gasteiger partial charge is 0.324 e. The van der Waals surface area contributed by atoms with Gasteiger partial charge in [0.2, 0.25) is 0 Å². The molecule has 1 aliphatic rings. The summed E-state index contributed by atoms with van der Waals surface area (Å²) < 4.78 is 1.66. The average Bonchev–Trinajstić information content (AvgIpc) is 3.18. The maximum absolute atomic E-state index is 12.3. The number of nitrogens with one attached hydrogen (secondary N) is 1. The summed E-state index contributed by atoms with van der Waals surface area (Å²) in [6.45, 7) is 0. The van der Waals surface area contributed by atoms with Gasteiger partial charge in [0, 0.05) is 37.1 Å². The van der Waals surface area contributed by atoms with Crippen LogP contribution in [-0.2, 0) is 7.05 Å². The Balaban J connectivity index is 1.71. The van der Waals surface area contributed by atoms with Gasteiger partial charge in [0.1, 0.15) is 6.33 Å². The normalized spacial score (nSPS) is 17.5. The molecule has 0 aliphatic carbocycles. The minimum atomic E-state index is -0.0707. The highest BCUT2D eigenvalue weighted by molar-refractivity contribution is 7.99. The molecule has 2 amide bonds. The fraction of sp³-hybridized carbons (Fsp3) is 0.400. The summed E-state index contributed by atoms with van der Waals surface area (Å²) in [5.74, 6) is 2.80. The predicted octanol–water partition coefficient (Wildman–Crippen LogP) is 2.45. The Hall–Kier alpha value is -2.02.